The molecule has 0 aromatic heterocycles. The lowest BCUT2D eigenvalue weighted by atomic mass is 9.84. The number of fused-ring (bicyclic) bond motifs is 1. The predicted molar refractivity (Wildman–Crippen MR) is 117 cm³/mol. The Kier molecular flexibility index (Phi) is 5.92. The van der Waals surface area contributed by atoms with Crippen LogP contribution in [-0.2, 0) is 12.8 Å². The minimum atomic E-state index is -0.158. The van der Waals surface area contributed by atoms with Gasteiger partial charge >= 0.3 is 6.03 Å². The molecule has 3 aromatic rings. The van der Waals surface area contributed by atoms with Crippen LogP contribution in [0.2, 0.25) is 0 Å². The number of carbonyl (C=O) groups excluding carboxylic acids is 1. The van der Waals surface area contributed by atoms with Crippen molar-refractivity contribution in [1.29, 1.82) is 0 Å². The Hall–Kier alpha value is -3.11. The zero-order valence-corrected chi connectivity index (χ0v) is 16.7. The SMILES string of the molecule is CN(CC1CCc2[c]cccc2C1)NC(=O)N(c1ccccc1)c1ccccc1. The van der Waals surface area contributed by atoms with Crippen molar-refractivity contribution >= 4 is 17.4 Å². The number of nitrogens with zero attached hydrogens (tertiary/aromatic N) is 2. The van der Waals surface area contributed by atoms with Crippen LogP contribution in [0.25, 0.3) is 0 Å². The molecule has 4 heteroatoms. The summed E-state index contributed by atoms with van der Waals surface area (Å²) >= 11 is 0. The normalized spacial score (nSPS) is 15.6. The Balaban J connectivity index is 1.44. The number of rotatable bonds is 5. The standard InChI is InChI=1S/C25H26N3O/c1-27(19-20-16-17-21-10-8-9-11-22(21)18-20)26-25(29)28(23-12-4-2-5-13-23)24-14-6-3-7-15-24/h2-9,11-15,20H,16-19H2,1H3,(H,26,29). The Bertz CT molecular complexity index is 903. The van der Waals surface area contributed by atoms with Crippen LogP contribution in [0.15, 0.2) is 78.9 Å². The van der Waals surface area contributed by atoms with Crippen molar-refractivity contribution in [3.8, 4) is 0 Å². The molecule has 0 bridgehead atoms. The van der Waals surface area contributed by atoms with Crippen molar-refractivity contribution in [2.45, 2.75) is 19.3 Å². The quantitative estimate of drug-likeness (QED) is 0.629. The van der Waals surface area contributed by atoms with Crippen LogP contribution >= 0.6 is 0 Å². The highest BCUT2D eigenvalue weighted by Gasteiger charge is 2.23. The van der Waals surface area contributed by atoms with E-state index in [-0.39, 0.29) is 6.03 Å². The van der Waals surface area contributed by atoms with Gasteiger partial charge in [-0.1, -0.05) is 54.6 Å². The number of carbonyl (C=O) groups is 1. The zero-order valence-electron chi connectivity index (χ0n) is 16.7. The van der Waals surface area contributed by atoms with Crippen LogP contribution in [0.4, 0.5) is 16.2 Å². The third-order valence-corrected chi connectivity index (χ3v) is 5.40. The van der Waals surface area contributed by atoms with Crippen LogP contribution in [0.5, 0.6) is 0 Å². The van der Waals surface area contributed by atoms with Gasteiger partial charge in [0.2, 0.25) is 0 Å². The van der Waals surface area contributed by atoms with Gasteiger partial charge in [0.05, 0.1) is 11.4 Å². The minimum Gasteiger partial charge on any atom is -0.270 e. The number of benzene rings is 3. The largest absolute Gasteiger partial charge is 0.340 e. The van der Waals surface area contributed by atoms with Gasteiger partial charge in [-0.15, -0.1) is 0 Å². The fourth-order valence-electron chi connectivity index (χ4n) is 4.03. The van der Waals surface area contributed by atoms with Crippen LogP contribution in [0.1, 0.15) is 17.5 Å². The van der Waals surface area contributed by atoms with Gasteiger partial charge in [-0.05, 0) is 66.6 Å². The lowest BCUT2D eigenvalue weighted by Crippen LogP contribution is -2.48. The van der Waals surface area contributed by atoms with Crippen molar-refractivity contribution < 1.29 is 4.79 Å². The fourth-order valence-corrected chi connectivity index (χ4v) is 4.03. The van der Waals surface area contributed by atoms with E-state index < -0.39 is 0 Å². The number of hydrazine groups is 1. The smallest absolute Gasteiger partial charge is 0.270 e. The Morgan fingerprint density at radius 2 is 1.66 bits per heavy atom. The summed E-state index contributed by atoms with van der Waals surface area (Å²) in [6.45, 7) is 0.817. The maximum Gasteiger partial charge on any atom is 0.340 e. The number of para-hydroxylation sites is 2. The molecule has 4 rings (SSSR count). The lowest BCUT2D eigenvalue weighted by molar-refractivity contribution is 0.184. The lowest BCUT2D eigenvalue weighted by Gasteiger charge is -2.31. The van der Waals surface area contributed by atoms with Gasteiger partial charge in [-0.25, -0.2) is 9.80 Å². The van der Waals surface area contributed by atoms with Gasteiger partial charge in [-0.3, -0.25) is 10.3 Å². The number of urea groups is 1. The van der Waals surface area contributed by atoms with Crippen molar-refractivity contribution in [1.82, 2.24) is 10.4 Å². The third kappa shape index (κ3) is 4.66. The van der Waals surface area contributed by atoms with Gasteiger partial charge in [0.25, 0.3) is 0 Å². The van der Waals surface area contributed by atoms with E-state index in [1.54, 1.807) is 4.90 Å². The molecule has 1 aliphatic rings. The number of anilines is 2. The average Bonchev–Trinajstić information content (AvgIpc) is 2.75. The molecule has 0 fully saturated rings. The summed E-state index contributed by atoms with van der Waals surface area (Å²) < 4.78 is 0. The second kappa shape index (κ2) is 8.93. The van der Waals surface area contributed by atoms with Crippen LogP contribution in [-0.4, -0.2) is 24.6 Å². The highest BCUT2D eigenvalue weighted by molar-refractivity contribution is 5.99. The van der Waals surface area contributed by atoms with E-state index in [2.05, 4.69) is 23.6 Å². The molecule has 1 aliphatic carbocycles. The number of nitrogens with one attached hydrogen (secondary N) is 1. The highest BCUT2D eigenvalue weighted by Crippen LogP contribution is 2.26. The zero-order chi connectivity index (χ0) is 20.1. The van der Waals surface area contributed by atoms with Crippen LogP contribution in [0, 0.1) is 12.0 Å². The molecular weight excluding hydrogens is 358 g/mol. The summed E-state index contributed by atoms with van der Waals surface area (Å²) in [6, 6.07) is 28.9. The molecule has 3 aromatic carbocycles. The molecule has 0 saturated heterocycles. The van der Waals surface area contributed by atoms with E-state index in [1.165, 1.54) is 11.1 Å². The molecule has 4 nitrogen and oxygen atoms in total. The van der Waals surface area contributed by atoms with Crippen molar-refractivity contribution in [3.63, 3.8) is 0 Å². The fraction of sp³-hybridized carbons (Fsp3) is 0.240. The molecule has 2 amide bonds. The van der Waals surface area contributed by atoms with E-state index in [0.29, 0.717) is 5.92 Å². The summed E-state index contributed by atoms with van der Waals surface area (Å²) in [7, 11) is 1.94. The molecule has 147 valence electrons. The van der Waals surface area contributed by atoms with E-state index >= 15 is 0 Å². The molecule has 0 saturated carbocycles. The summed E-state index contributed by atoms with van der Waals surface area (Å²) in [6.07, 6.45) is 3.21. The first-order valence-corrected chi connectivity index (χ1v) is 10.1. The van der Waals surface area contributed by atoms with Crippen LogP contribution < -0.4 is 10.3 Å². The van der Waals surface area contributed by atoms with Gasteiger partial charge in [0, 0.05) is 13.6 Å². The Labute approximate surface area is 172 Å². The van der Waals surface area contributed by atoms with E-state index in [9.17, 15) is 4.79 Å². The second-order valence-electron chi connectivity index (χ2n) is 7.59. The van der Waals surface area contributed by atoms with Gasteiger partial charge in [-0.2, -0.15) is 0 Å². The molecule has 1 unspecified atom stereocenters. The molecule has 29 heavy (non-hydrogen) atoms. The summed E-state index contributed by atoms with van der Waals surface area (Å²) in [5.41, 5.74) is 7.47. The van der Waals surface area contributed by atoms with Crippen LogP contribution in [0.3, 0.4) is 0 Å². The predicted octanol–water partition coefficient (Wildman–Crippen LogP) is 4.99. The van der Waals surface area contributed by atoms with Gasteiger partial charge in [0.15, 0.2) is 0 Å². The average molecular weight is 385 g/mol. The number of aryl methyl sites for hydroxylation is 1. The molecule has 0 aliphatic heterocycles. The second-order valence-corrected chi connectivity index (χ2v) is 7.59. The molecule has 0 spiro atoms. The molecular formula is C25H26N3O. The number of hydrogen-bond acceptors (Lipinski definition) is 2. The summed E-state index contributed by atoms with van der Waals surface area (Å²) in [5.74, 6) is 0.519. The van der Waals surface area contributed by atoms with E-state index in [0.717, 1.165) is 37.2 Å². The van der Waals surface area contributed by atoms with Gasteiger partial charge in [0.1, 0.15) is 0 Å². The van der Waals surface area contributed by atoms with E-state index in [1.807, 2.05) is 78.8 Å². The topological polar surface area (TPSA) is 35.6 Å². The maximum absolute atomic E-state index is 13.2. The van der Waals surface area contributed by atoms with Crippen molar-refractivity contribution in [3.05, 3.63) is 96.1 Å². The highest BCUT2D eigenvalue weighted by atomic mass is 16.2. The van der Waals surface area contributed by atoms with E-state index in [4.69, 9.17) is 0 Å². The first-order chi connectivity index (χ1) is 14.2. The monoisotopic (exact) mass is 384 g/mol. The Morgan fingerprint density at radius 1 is 1.00 bits per heavy atom. The first kappa shape index (κ1) is 19.2. The first-order valence-electron chi connectivity index (χ1n) is 10.1. The number of amides is 2. The molecule has 1 radical (unpaired) electrons. The van der Waals surface area contributed by atoms with Gasteiger partial charge < -0.3 is 0 Å². The maximum atomic E-state index is 13.2. The molecule has 1 atom stereocenters. The Morgan fingerprint density at radius 3 is 2.31 bits per heavy atom. The summed E-state index contributed by atoms with van der Waals surface area (Å²) in [4.78, 5) is 14.9. The number of hydrogen-bond donors (Lipinski definition) is 1. The minimum absolute atomic E-state index is 0.158. The van der Waals surface area contributed by atoms with Crippen molar-refractivity contribution in [2.75, 3.05) is 18.5 Å². The van der Waals surface area contributed by atoms with Crippen molar-refractivity contribution in [2.24, 2.45) is 5.92 Å². The third-order valence-electron chi connectivity index (χ3n) is 5.40. The summed E-state index contributed by atoms with van der Waals surface area (Å²) in [5, 5.41) is 1.92. The molecule has 0 heterocycles. The molecule has 1 N–H and O–H groups in total.